The van der Waals surface area contributed by atoms with Gasteiger partial charge in [0.1, 0.15) is 5.75 Å². The van der Waals surface area contributed by atoms with E-state index in [1.807, 2.05) is 6.07 Å². The van der Waals surface area contributed by atoms with Crippen molar-refractivity contribution in [2.24, 2.45) is 0 Å². The zero-order chi connectivity index (χ0) is 12.1. The molecule has 0 fully saturated rings. The van der Waals surface area contributed by atoms with E-state index in [1.165, 1.54) is 5.56 Å². The molecule has 90 valence electrons. The van der Waals surface area contributed by atoms with Crippen LogP contribution in [0.15, 0.2) is 22.7 Å². The molecule has 0 saturated heterocycles. The van der Waals surface area contributed by atoms with Gasteiger partial charge in [-0.15, -0.1) is 11.6 Å². The molecule has 0 radical (unpaired) electrons. The minimum absolute atomic E-state index is 0.377. The fourth-order valence-electron chi connectivity index (χ4n) is 1.37. The normalized spacial score (nSPS) is 12.9. The molecule has 0 amide bonds. The molecule has 0 aliphatic rings. The second-order valence-corrected chi connectivity index (χ2v) is 5.05. The Labute approximate surface area is 111 Å². The lowest BCUT2D eigenvalue weighted by Gasteiger charge is -2.22. The van der Waals surface area contributed by atoms with Gasteiger partial charge in [-0.25, -0.2) is 0 Å². The molecule has 0 aromatic heterocycles. The van der Waals surface area contributed by atoms with E-state index in [0.29, 0.717) is 11.9 Å². The van der Waals surface area contributed by atoms with Gasteiger partial charge in [-0.2, -0.15) is 0 Å². The van der Waals surface area contributed by atoms with Crippen LogP contribution in [0.1, 0.15) is 12.5 Å². The van der Waals surface area contributed by atoms with E-state index in [2.05, 4.69) is 46.9 Å². The predicted molar refractivity (Wildman–Crippen MR) is 72.3 cm³/mol. The molecule has 16 heavy (non-hydrogen) atoms. The maximum Gasteiger partial charge on any atom is 0.133 e. The van der Waals surface area contributed by atoms with E-state index in [9.17, 15) is 0 Å². The summed E-state index contributed by atoms with van der Waals surface area (Å²) in [5, 5.41) is 0. The summed E-state index contributed by atoms with van der Waals surface area (Å²) < 4.78 is 6.18. The first-order valence-electron chi connectivity index (χ1n) is 5.17. The van der Waals surface area contributed by atoms with Crippen LogP contribution < -0.4 is 4.74 Å². The number of ether oxygens (including phenoxy) is 1. The monoisotopic (exact) mass is 305 g/mol. The third-order valence-electron chi connectivity index (χ3n) is 2.62. The van der Waals surface area contributed by atoms with Crippen molar-refractivity contribution in [2.75, 3.05) is 20.0 Å². The van der Waals surface area contributed by atoms with Gasteiger partial charge in [0.05, 0.1) is 11.6 Å². The summed E-state index contributed by atoms with van der Waals surface area (Å²) in [6, 6.07) is 6.50. The number of nitrogens with zero attached hydrogens (tertiary/aromatic N) is 1. The summed E-state index contributed by atoms with van der Waals surface area (Å²) in [6.07, 6.45) is 0. The van der Waals surface area contributed by atoms with Crippen molar-refractivity contribution < 1.29 is 4.74 Å². The van der Waals surface area contributed by atoms with Gasteiger partial charge >= 0.3 is 0 Å². The zero-order valence-corrected chi connectivity index (χ0v) is 12.2. The van der Waals surface area contributed by atoms with Crippen molar-refractivity contribution in [3.8, 4) is 5.75 Å². The van der Waals surface area contributed by atoms with Gasteiger partial charge in [0.25, 0.3) is 0 Å². The summed E-state index contributed by atoms with van der Waals surface area (Å²) in [5.74, 6) is 1.50. The van der Waals surface area contributed by atoms with Crippen LogP contribution in [0.3, 0.4) is 0 Å². The summed E-state index contributed by atoms with van der Waals surface area (Å²) in [5.41, 5.74) is 1.24. The van der Waals surface area contributed by atoms with Crippen LogP contribution in [0.25, 0.3) is 0 Å². The van der Waals surface area contributed by atoms with Crippen LogP contribution in [0, 0.1) is 0 Å². The second kappa shape index (κ2) is 6.48. The molecule has 0 saturated carbocycles. The van der Waals surface area contributed by atoms with Crippen LogP contribution in [0.2, 0.25) is 0 Å². The number of alkyl halides is 1. The Balaban J connectivity index is 2.71. The van der Waals surface area contributed by atoms with E-state index < -0.39 is 0 Å². The van der Waals surface area contributed by atoms with Gasteiger partial charge in [-0.3, -0.25) is 4.90 Å². The Bertz CT molecular complexity index is 346. The lowest BCUT2D eigenvalue weighted by atomic mass is 10.2. The largest absolute Gasteiger partial charge is 0.496 e. The average Bonchev–Trinajstić information content (AvgIpc) is 2.28. The van der Waals surface area contributed by atoms with Gasteiger partial charge in [-0.1, -0.05) is 6.07 Å². The molecule has 0 bridgehead atoms. The second-order valence-electron chi connectivity index (χ2n) is 3.89. The van der Waals surface area contributed by atoms with Crippen LogP contribution in [0.5, 0.6) is 5.75 Å². The quantitative estimate of drug-likeness (QED) is 0.772. The molecular weight excluding hydrogens is 289 g/mol. The summed E-state index contributed by atoms with van der Waals surface area (Å²) in [6.45, 7) is 3.00. The third-order valence-corrected chi connectivity index (χ3v) is 3.69. The topological polar surface area (TPSA) is 12.5 Å². The number of hydrogen-bond donors (Lipinski definition) is 0. The van der Waals surface area contributed by atoms with Crippen molar-refractivity contribution in [1.82, 2.24) is 4.90 Å². The molecular formula is C12H17BrClNO. The number of benzene rings is 1. The minimum Gasteiger partial charge on any atom is -0.496 e. The highest BCUT2D eigenvalue weighted by Crippen LogP contribution is 2.26. The van der Waals surface area contributed by atoms with Crippen molar-refractivity contribution in [3.63, 3.8) is 0 Å². The van der Waals surface area contributed by atoms with Crippen LogP contribution in [-0.2, 0) is 6.54 Å². The van der Waals surface area contributed by atoms with Gasteiger partial charge < -0.3 is 4.74 Å². The maximum absolute atomic E-state index is 5.82. The van der Waals surface area contributed by atoms with Crippen LogP contribution >= 0.6 is 27.5 Å². The Morgan fingerprint density at radius 3 is 2.69 bits per heavy atom. The van der Waals surface area contributed by atoms with E-state index in [1.54, 1.807) is 7.11 Å². The first-order chi connectivity index (χ1) is 7.58. The molecule has 1 atom stereocenters. The molecule has 2 nitrogen and oxygen atoms in total. The fraction of sp³-hybridized carbons (Fsp3) is 0.500. The minimum atomic E-state index is 0.377. The van der Waals surface area contributed by atoms with E-state index in [-0.39, 0.29) is 0 Å². The van der Waals surface area contributed by atoms with E-state index in [4.69, 9.17) is 16.3 Å². The number of methoxy groups -OCH3 is 1. The maximum atomic E-state index is 5.82. The standard InChI is InChI=1S/C12H17BrClNO/c1-9(7-14)15(2)8-10-4-5-12(16-3)11(13)6-10/h4-6,9H,7-8H2,1-3H3. The van der Waals surface area contributed by atoms with E-state index in [0.717, 1.165) is 16.8 Å². The molecule has 0 spiro atoms. The average molecular weight is 307 g/mol. The van der Waals surface area contributed by atoms with E-state index >= 15 is 0 Å². The Kier molecular flexibility index (Phi) is 5.59. The van der Waals surface area contributed by atoms with Crippen molar-refractivity contribution >= 4 is 27.5 Å². The van der Waals surface area contributed by atoms with Crippen molar-refractivity contribution in [3.05, 3.63) is 28.2 Å². The molecule has 1 aromatic carbocycles. The highest BCUT2D eigenvalue weighted by atomic mass is 79.9. The van der Waals surface area contributed by atoms with Gasteiger partial charge in [0.2, 0.25) is 0 Å². The lowest BCUT2D eigenvalue weighted by molar-refractivity contribution is 0.268. The van der Waals surface area contributed by atoms with Crippen LogP contribution in [0.4, 0.5) is 0 Å². The molecule has 0 aliphatic heterocycles. The molecule has 0 heterocycles. The van der Waals surface area contributed by atoms with Gasteiger partial charge in [0, 0.05) is 18.5 Å². The number of hydrogen-bond acceptors (Lipinski definition) is 2. The van der Waals surface area contributed by atoms with Crippen molar-refractivity contribution in [2.45, 2.75) is 19.5 Å². The number of rotatable bonds is 5. The SMILES string of the molecule is COc1ccc(CN(C)C(C)CCl)cc1Br. The molecule has 4 heteroatoms. The zero-order valence-electron chi connectivity index (χ0n) is 9.84. The summed E-state index contributed by atoms with van der Waals surface area (Å²) in [4.78, 5) is 2.22. The first-order valence-corrected chi connectivity index (χ1v) is 6.49. The van der Waals surface area contributed by atoms with Crippen molar-refractivity contribution in [1.29, 1.82) is 0 Å². The van der Waals surface area contributed by atoms with Gasteiger partial charge in [0.15, 0.2) is 0 Å². The Morgan fingerprint density at radius 1 is 1.50 bits per heavy atom. The first kappa shape index (κ1) is 13.8. The molecule has 1 aromatic rings. The molecule has 0 aliphatic carbocycles. The highest BCUT2D eigenvalue weighted by Gasteiger charge is 2.09. The predicted octanol–water partition coefficient (Wildman–Crippen LogP) is 3.52. The molecule has 1 unspecified atom stereocenters. The Hall–Kier alpha value is -0.250. The third kappa shape index (κ3) is 3.65. The molecule has 0 N–H and O–H groups in total. The highest BCUT2D eigenvalue weighted by molar-refractivity contribution is 9.10. The number of halogens is 2. The summed E-state index contributed by atoms with van der Waals surface area (Å²) >= 11 is 9.30. The van der Waals surface area contributed by atoms with Crippen LogP contribution in [-0.4, -0.2) is 31.0 Å². The fourth-order valence-corrected chi connectivity index (χ4v) is 2.19. The molecule has 1 rings (SSSR count). The summed E-state index contributed by atoms with van der Waals surface area (Å²) in [7, 11) is 3.74. The lowest BCUT2D eigenvalue weighted by Crippen LogP contribution is -2.29. The smallest absolute Gasteiger partial charge is 0.133 e. The van der Waals surface area contributed by atoms with Gasteiger partial charge in [-0.05, 0) is 47.6 Å². The Morgan fingerprint density at radius 2 is 2.19 bits per heavy atom.